The number of hydrogen-bond donors (Lipinski definition) is 2. The minimum atomic E-state index is -0.422. The average Bonchev–Trinajstić information content (AvgIpc) is 2.58. The van der Waals surface area contributed by atoms with Gasteiger partial charge in [-0.05, 0) is 42.8 Å². The van der Waals surface area contributed by atoms with Gasteiger partial charge in [0.1, 0.15) is 0 Å². The molecule has 1 aromatic carbocycles. The Labute approximate surface area is 153 Å². The van der Waals surface area contributed by atoms with Crippen LogP contribution in [-0.2, 0) is 9.53 Å². The van der Waals surface area contributed by atoms with Gasteiger partial charge >= 0.3 is 5.97 Å². The summed E-state index contributed by atoms with van der Waals surface area (Å²) in [7, 11) is 2.94. The normalized spacial score (nSPS) is 17.0. The van der Waals surface area contributed by atoms with Crippen LogP contribution < -0.4 is 20.1 Å². The summed E-state index contributed by atoms with van der Waals surface area (Å²) >= 11 is 5.23. The van der Waals surface area contributed by atoms with E-state index >= 15 is 0 Å². The largest absolute Gasteiger partial charge is 0.493 e. The van der Waals surface area contributed by atoms with Crippen molar-refractivity contribution in [3.63, 3.8) is 0 Å². The fraction of sp³-hybridized carbons (Fsp3) is 0.444. The van der Waals surface area contributed by atoms with Gasteiger partial charge in [0.15, 0.2) is 16.6 Å². The molecule has 1 unspecified atom stereocenters. The highest BCUT2D eigenvalue weighted by Crippen LogP contribution is 2.34. The third-order valence-corrected chi connectivity index (χ3v) is 3.99. The van der Waals surface area contributed by atoms with Gasteiger partial charge in [-0.15, -0.1) is 0 Å². The molecule has 6 nitrogen and oxygen atoms in total. The van der Waals surface area contributed by atoms with Crippen molar-refractivity contribution < 1.29 is 19.0 Å². The minimum Gasteiger partial charge on any atom is -0.493 e. The summed E-state index contributed by atoms with van der Waals surface area (Å²) in [5.74, 6) is 1.26. The summed E-state index contributed by atoms with van der Waals surface area (Å²) < 4.78 is 16.1. The van der Waals surface area contributed by atoms with Crippen LogP contribution >= 0.6 is 12.2 Å². The monoisotopic (exact) mass is 364 g/mol. The van der Waals surface area contributed by atoms with Crippen molar-refractivity contribution in [3.8, 4) is 11.5 Å². The second-order valence-electron chi connectivity index (χ2n) is 6.18. The van der Waals surface area contributed by atoms with E-state index in [4.69, 9.17) is 26.4 Å². The molecule has 0 spiro atoms. The molecule has 0 amide bonds. The minimum absolute atomic E-state index is 0.407. The van der Waals surface area contributed by atoms with Crippen molar-refractivity contribution in [2.75, 3.05) is 20.8 Å². The summed E-state index contributed by atoms with van der Waals surface area (Å²) in [4.78, 5) is 12.2. The molecule has 25 heavy (non-hydrogen) atoms. The van der Waals surface area contributed by atoms with E-state index in [0.29, 0.717) is 40.4 Å². The lowest BCUT2D eigenvalue weighted by molar-refractivity contribution is -0.136. The third kappa shape index (κ3) is 4.42. The highest BCUT2D eigenvalue weighted by Gasteiger charge is 2.31. The molecule has 0 aliphatic carbocycles. The van der Waals surface area contributed by atoms with E-state index in [9.17, 15) is 4.79 Å². The fourth-order valence-corrected chi connectivity index (χ4v) is 2.83. The fourth-order valence-electron chi connectivity index (χ4n) is 2.56. The van der Waals surface area contributed by atoms with E-state index in [1.54, 1.807) is 14.0 Å². The Morgan fingerprint density at radius 2 is 2.00 bits per heavy atom. The van der Waals surface area contributed by atoms with Crippen LogP contribution in [0.1, 0.15) is 32.4 Å². The predicted octanol–water partition coefficient (Wildman–Crippen LogP) is 2.70. The third-order valence-electron chi connectivity index (χ3n) is 3.77. The van der Waals surface area contributed by atoms with Crippen LogP contribution in [0.3, 0.4) is 0 Å². The van der Waals surface area contributed by atoms with Crippen molar-refractivity contribution in [2.45, 2.75) is 26.8 Å². The lowest BCUT2D eigenvalue weighted by Gasteiger charge is -2.30. The molecule has 0 bridgehead atoms. The Balaban J connectivity index is 2.40. The van der Waals surface area contributed by atoms with E-state index in [-0.39, 0.29) is 0 Å². The molecule has 1 atom stereocenters. The number of thiocarbonyl (C=S) groups is 1. The van der Waals surface area contributed by atoms with Gasteiger partial charge in [0, 0.05) is 5.70 Å². The SMILES string of the molecule is COC(=O)C1=C(C)NC(=S)NC1c1ccc(OCC(C)C)c(OC)c1. The number of esters is 1. The summed E-state index contributed by atoms with van der Waals surface area (Å²) in [5, 5.41) is 6.53. The van der Waals surface area contributed by atoms with Crippen molar-refractivity contribution in [1.82, 2.24) is 10.6 Å². The molecule has 0 saturated heterocycles. The van der Waals surface area contributed by atoms with Crippen LogP contribution in [0.4, 0.5) is 0 Å². The first kappa shape index (κ1) is 19.1. The zero-order chi connectivity index (χ0) is 18.6. The second kappa shape index (κ2) is 8.20. The Kier molecular flexibility index (Phi) is 6.25. The van der Waals surface area contributed by atoms with Crippen molar-refractivity contribution in [2.24, 2.45) is 5.92 Å². The Bertz CT molecular complexity index is 700. The molecule has 0 saturated carbocycles. The second-order valence-corrected chi connectivity index (χ2v) is 6.59. The number of ether oxygens (including phenoxy) is 3. The van der Waals surface area contributed by atoms with E-state index in [2.05, 4.69) is 24.5 Å². The first-order chi connectivity index (χ1) is 11.9. The molecule has 1 aliphatic rings. The van der Waals surface area contributed by atoms with Crippen LogP contribution in [-0.4, -0.2) is 31.9 Å². The first-order valence-corrected chi connectivity index (χ1v) is 8.45. The van der Waals surface area contributed by atoms with Gasteiger partial charge in [-0.2, -0.15) is 0 Å². The zero-order valence-electron chi connectivity index (χ0n) is 15.1. The topological polar surface area (TPSA) is 68.8 Å². The van der Waals surface area contributed by atoms with Gasteiger partial charge < -0.3 is 24.8 Å². The smallest absolute Gasteiger partial charge is 0.337 e. The average molecular weight is 364 g/mol. The predicted molar refractivity (Wildman–Crippen MR) is 99.7 cm³/mol. The Hall–Kier alpha value is -2.28. The molecule has 1 aliphatic heterocycles. The maximum absolute atomic E-state index is 12.2. The molecule has 136 valence electrons. The summed E-state index contributed by atoms with van der Waals surface area (Å²) in [6.07, 6.45) is 0. The van der Waals surface area contributed by atoms with Crippen LogP contribution in [0.15, 0.2) is 29.5 Å². The molecule has 0 radical (unpaired) electrons. The van der Waals surface area contributed by atoms with Gasteiger partial charge in [0.05, 0.1) is 32.4 Å². The summed E-state index contributed by atoms with van der Waals surface area (Å²) in [6, 6.07) is 5.15. The Morgan fingerprint density at radius 1 is 1.28 bits per heavy atom. The maximum atomic E-state index is 12.2. The van der Waals surface area contributed by atoms with Gasteiger partial charge in [-0.25, -0.2) is 4.79 Å². The van der Waals surface area contributed by atoms with Crippen molar-refractivity contribution >= 4 is 23.3 Å². The number of allylic oxidation sites excluding steroid dienone is 1. The standard InChI is InChI=1S/C18H24N2O4S/c1-10(2)9-24-13-7-6-12(8-14(13)22-4)16-15(17(21)23-5)11(3)19-18(25)20-16/h6-8,10,16H,9H2,1-5H3,(H2,19,20,25). The molecule has 2 N–H and O–H groups in total. The number of benzene rings is 1. The number of carbonyl (C=O) groups is 1. The van der Waals surface area contributed by atoms with E-state index in [1.165, 1.54) is 7.11 Å². The molecular formula is C18H24N2O4S. The van der Waals surface area contributed by atoms with Crippen LogP contribution in [0.2, 0.25) is 0 Å². The van der Waals surface area contributed by atoms with Gasteiger partial charge in [-0.3, -0.25) is 0 Å². The first-order valence-electron chi connectivity index (χ1n) is 8.04. The summed E-state index contributed by atoms with van der Waals surface area (Å²) in [5.41, 5.74) is 1.98. The van der Waals surface area contributed by atoms with Crippen LogP contribution in [0.25, 0.3) is 0 Å². The molecule has 7 heteroatoms. The van der Waals surface area contributed by atoms with E-state index in [0.717, 1.165) is 5.56 Å². The molecular weight excluding hydrogens is 340 g/mol. The maximum Gasteiger partial charge on any atom is 0.337 e. The van der Waals surface area contributed by atoms with Gasteiger partial charge in [0.25, 0.3) is 0 Å². The zero-order valence-corrected chi connectivity index (χ0v) is 16.0. The van der Waals surface area contributed by atoms with Crippen molar-refractivity contribution in [3.05, 3.63) is 35.0 Å². The molecule has 1 heterocycles. The number of methoxy groups -OCH3 is 2. The highest BCUT2D eigenvalue weighted by atomic mass is 32.1. The van der Waals surface area contributed by atoms with Gasteiger partial charge in [-0.1, -0.05) is 19.9 Å². The lowest BCUT2D eigenvalue weighted by atomic mass is 9.95. The van der Waals surface area contributed by atoms with Gasteiger partial charge in [0.2, 0.25) is 0 Å². The molecule has 2 rings (SSSR count). The lowest BCUT2D eigenvalue weighted by Crippen LogP contribution is -2.45. The number of nitrogens with one attached hydrogen (secondary N) is 2. The molecule has 0 fully saturated rings. The molecule has 1 aromatic rings. The quantitative estimate of drug-likeness (QED) is 0.594. The van der Waals surface area contributed by atoms with Crippen LogP contribution in [0, 0.1) is 5.92 Å². The molecule has 0 aromatic heterocycles. The Morgan fingerprint density at radius 3 is 2.60 bits per heavy atom. The van der Waals surface area contributed by atoms with Crippen molar-refractivity contribution in [1.29, 1.82) is 0 Å². The van der Waals surface area contributed by atoms with Crippen LogP contribution in [0.5, 0.6) is 11.5 Å². The number of carbonyl (C=O) groups excluding carboxylic acids is 1. The highest BCUT2D eigenvalue weighted by molar-refractivity contribution is 7.80. The van der Waals surface area contributed by atoms with E-state index in [1.807, 2.05) is 18.2 Å². The number of rotatable bonds is 6. The number of hydrogen-bond acceptors (Lipinski definition) is 5. The van der Waals surface area contributed by atoms with E-state index < -0.39 is 12.0 Å². The summed E-state index contributed by atoms with van der Waals surface area (Å²) in [6.45, 7) is 6.55.